The predicted molar refractivity (Wildman–Crippen MR) is 79.7 cm³/mol. The molecular formula is C13H17BrFNO4S. The molecule has 0 radical (unpaired) electrons. The van der Waals surface area contributed by atoms with E-state index in [0.29, 0.717) is 0 Å². The third-order valence-electron chi connectivity index (χ3n) is 2.28. The van der Waals surface area contributed by atoms with Crippen molar-refractivity contribution >= 4 is 31.9 Å². The average molecular weight is 382 g/mol. The van der Waals surface area contributed by atoms with Gasteiger partial charge in [-0.1, -0.05) is 0 Å². The third kappa shape index (κ3) is 5.37. The van der Waals surface area contributed by atoms with Gasteiger partial charge in [0.2, 0.25) is 10.0 Å². The summed E-state index contributed by atoms with van der Waals surface area (Å²) in [5.74, 6) is -1.26. The largest absolute Gasteiger partial charge is 0.459 e. The van der Waals surface area contributed by atoms with E-state index in [0.717, 1.165) is 18.2 Å². The monoisotopic (exact) mass is 381 g/mol. The van der Waals surface area contributed by atoms with E-state index in [1.165, 1.54) is 6.92 Å². The minimum Gasteiger partial charge on any atom is -0.459 e. The van der Waals surface area contributed by atoms with E-state index in [2.05, 4.69) is 20.7 Å². The number of esters is 1. The lowest BCUT2D eigenvalue weighted by Gasteiger charge is -2.22. The average Bonchev–Trinajstić information content (AvgIpc) is 2.24. The molecule has 0 bridgehead atoms. The maximum atomic E-state index is 13.0. The SMILES string of the molecule is C[C@H](NS(=O)(=O)c1ccc(F)cc1Br)C(=O)OC(C)(C)C. The fourth-order valence-electron chi connectivity index (χ4n) is 1.43. The summed E-state index contributed by atoms with van der Waals surface area (Å²) < 4.78 is 44.7. The summed E-state index contributed by atoms with van der Waals surface area (Å²) in [7, 11) is -3.97. The molecule has 0 aromatic heterocycles. The summed E-state index contributed by atoms with van der Waals surface area (Å²) in [4.78, 5) is 11.6. The molecule has 0 amide bonds. The molecule has 0 spiro atoms. The summed E-state index contributed by atoms with van der Waals surface area (Å²) in [5.41, 5.74) is -0.715. The second-order valence-electron chi connectivity index (χ2n) is 5.45. The number of halogens is 2. The number of hydrogen-bond donors (Lipinski definition) is 1. The highest BCUT2D eigenvalue weighted by atomic mass is 79.9. The highest BCUT2D eigenvalue weighted by Crippen LogP contribution is 2.23. The standard InChI is InChI=1S/C13H17BrFNO4S/c1-8(12(17)20-13(2,3)4)16-21(18,19)11-6-5-9(15)7-10(11)14/h5-8,16H,1-4H3/t8-/m0/s1. The number of rotatable bonds is 4. The van der Waals surface area contributed by atoms with Crippen LogP contribution >= 0.6 is 15.9 Å². The van der Waals surface area contributed by atoms with Gasteiger partial charge in [0, 0.05) is 4.47 Å². The number of ether oxygens (including phenoxy) is 1. The molecule has 1 aromatic rings. The predicted octanol–water partition coefficient (Wildman–Crippen LogP) is 2.60. The lowest BCUT2D eigenvalue weighted by atomic mass is 10.2. The van der Waals surface area contributed by atoms with Gasteiger partial charge in [0.25, 0.3) is 0 Å². The van der Waals surface area contributed by atoms with E-state index < -0.39 is 33.5 Å². The molecule has 1 rings (SSSR count). The first-order valence-electron chi connectivity index (χ1n) is 6.12. The second kappa shape index (κ2) is 6.41. The van der Waals surface area contributed by atoms with Crippen molar-refractivity contribution < 1.29 is 22.3 Å². The molecular weight excluding hydrogens is 365 g/mol. The number of sulfonamides is 1. The summed E-state index contributed by atoms with van der Waals surface area (Å²) in [6, 6.07) is 2.11. The summed E-state index contributed by atoms with van der Waals surface area (Å²) in [5, 5.41) is 0. The molecule has 0 unspecified atom stereocenters. The fraction of sp³-hybridized carbons (Fsp3) is 0.462. The molecule has 0 fully saturated rings. The molecule has 8 heteroatoms. The lowest BCUT2D eigenvalue weighted by molar-refractivity contribution is -0.156. The van der Waals surface area contributed by atoms with Crippen LogP contribution in [0.1, 0.15) is 27.7 Å². The smallest absolute Gasteiger partial charge is 0.324 e. The van der Waals surface area contributed by atoms with E-state index in [9.17, 15) is 17.6 Å². The van der Waals surface area contributed by atoms with E-state index >= 15 is 0 Å². The Morgan fingerprint density at radius 2 is 1.95 bits per heavy atom. The third-order valence-corrected chi connectivity index (χ3v) is 4.79. The molecule has 1 N–H and O–H groups in total. The van der Waals surface area contributed by atoms with Crippen LogP contribution in [0.4, 0.5) is 4.39 Å². The van der Waals surface area contributed by atoms with E-state index in [4.69, 9.17) is 4.74 Å². The molecule has 0 heterocycles. The van der Waals surface area contributed by atoms with Gasteiger partial charge in [-0.15, -0.1) is 0 Å². The lowest BCUT2D eigenvalue weighted by Crippen LogP contribution is -2.42. The van der Waals surface area contributed by atoms with Crippen molar-refractivity contribution in [3.63, 3.8) is 0 Å². The molecule has 118 valence electrons. The normalized spacial score (nSPS) is 13.8. The van der Waals surface area contributed by atoms with Crippen LogP contribution in [0.5, 0.6) is 0 Å². The van der Waals surface area contributed by atoms with Crippen LogP contribution < -0.4 is 4.72 Å². The van der Waals surface area contributed by atoms with Crippen molar-refractivity contribution in [2.24, 2.45) is 0 Å². The van der Waals surface area contributed by atoms with Crippen LogP contribution in [0.3, 0.4) is 0 Å². The van der Waals surface area contributed by atoms with Crippen molar-refractivity contribution in [2.45, 2.75) is 44.2 Å². The van der Waals surface area contributed by atoms with Crippen LogP contribution in [-0.4, -0.2) is 26.0 Å². The van der Waals surface area contributed by atoms with Gasteiger partial charge in [0.15, 0.2) is 0 Å². The quantitative estimate of drug-likeness (QED) is 0.813. The van der Waals surface area contributed by atoms with Gasteiger partial charge >= 0.3 is 5.97 Å². The molecule has 1 aromatic carbocycles. The molecule has 1 atom stereocenters. The fourth-order valence-corrected chi connectivity index (χ4v) is 3.67. The zero-order valence-corrected chi connectivity index (χ0v) is 14.5. The molecule has 5 nitrogen and oxygen atoms in total. The summed E-state index contributed by atoms with van der Waals surface area (Å²) in [6.45, 7) is 6.43. The summed E-state index contributed by atoms with van der Waals surface area (Å²) in [6.07, 6.45) is 0. The number of carbonyl (C=O) groups excluding carboxylic acids is 1. The van der Waals surface area contributed by atoms with Gasteiger partial charge in [0.1, 0.15) is 17.5 Å². The Kier molecular flexibility index (Phi) is 5.51. The van der Waals surface area contributed by atoms with Crippen LogP contribution in [0.25, 0.3) is 0 Å². The zero-order chi connectivity index (χ0) is 16.4. The Balaban J connectivity index is 2.92. The van der Waals surface area contributed by atoms with Crippen molar-refractivity contribution in [3.8, 4) is 0 Å². The summed E-state index contributed by atoms with van der Waals surface area (Å²) >= 11 is 2.98. The molecule has 21 heavy (non-hydrogen) atoms. The first kappa shape index (κ1) is 18.1. The van der Waals surface area contributed by atoms with Crippen LogP contribution in [0.15, 0.2) is 27.6 Å². The van der Waals surface area contributed by atoms with Crippen LogP contribution in [0.2, 0.25) is 0 Å². The molecule has 0 aliphatic heterocycles. The van der Waals surface area contributed by atoms with Gasteiger partial charge < -0.3 is 4.74 Å². The highest BCUT2D eigenvalue weighted by molar-refractivity contribution is 9.10. The molecule has 0 saturated carbocycles. The van der Waals surface area contributed by atoms with Gasteiger partial charge in [-0.05, 0) is 61.8 Å². The minimum atomic E-state index is -3.97. The van der Waals surface area contributed by atoms with Crippen molar-refractivity contribution in [1.82, 2.24) is 4.72 Å². The Morgan fingerprint density at radius 3 is 2.43 bits per heavy atom. The van der Waals surface area contributed by atoms with Gasteiger partial charge in [-0.2, -0.15) is 4.72 Å². The second-order valence-corrected chi connectivity index (χ2v) is 7.99. The Labute approximate surface area is 132 Å². The topological polar surface area (TPSA) is 72.5 Å². The Hall–Kier alpha value is -0.990. The number of carbonyl (C=O) groups is 1. The van der Waals surface area contributed by atoms with Gasteiger partial charge in [0.05, 0.1) is 4.90 Å². The van der Waals surface area contributed by atoms with E-state index in [1.54, 1.807) is 20.8 Å². The van der Waals surface area contributed by atoms with Crippen molar-refractivity contribution in [2.75, 3.05) is 0 Å². The Bertz CT molecular complexity index is 640. The molecule has 0 aliphatic carbocycles. The van der Waals surface area contributed by atoms with Crippen LogP contribution in [-0.2, 0) is 19.6 Å². The number of benzene rings is 1. The zero-order valence-electron chi connectivity index (χ0n) is 12.1. The maximum absolute atomic E-state index is 13.0. The molecule has 0 aliphatic rings. The first-order chi connectivity index (χ1) is 9.42. The van der Waals surface area contributed by atoms with Crippen LogP contribution in [0, 0.1) is 5.82 Å². The van der Waals surface area contributed by atoms with Gasteiger partial charge in [-0.25, -0.2) is 12.8 Å². The minimum absolute atomic E-state index is 0.0754. The van der Waals surface area contributed by atoms with E-state index in [1.807, 2.05) is 0 Å². The van der Waals surface area contributed by atoms with E-state index in [-0.39, 0.29) is 9.37 Å². The van der Waals surface area contributed by atoms with Gasteiger partial charge in [-0.3, -0.25) is 4.79 Å². The highest BCUT2D eigenvalue weighted by Gasteiger charge is 2.27. The van der Waals surface area contributed by atoms with Crippen molar-refractivity contribution in [1.29, 1.82) is 0 Å². The number of hydrogen-bond acceptors (Lipinski definition) is 4. The Morgan fingerprint density at radius 1 is 1.38 bits per heavy atom. The molecule has 0 saturated heterocycles. The number of nitrogens with one attached hydrogen (secondary N) is 1. The van der Waals surface area contributed by atoms with Crippen molar-refractivity contribution in [3.05, 3.63) is 28.5 Å². The maximum Gasteiger partial charge on any atom is 0.324 e. The first-order valence-corrected chi connectivity index (χ1v) is 8.40.